The average molecular weight is 256 g/mol. The Morgan fingerprint density at radius 1 is 1.39 bits per heavy atom. The van der Waals surface area contributed by atoms with Crippen LogP contribution < -0.4 is 0 Å². The molecule has 5 nitrogen and oxygen atoms in total. The van der Waals surface area contributed by atoms with Crippen LogP contribution in [0.5, 0.6) is 0 Å². The van der Waals surface area contributed by atoms with Crippen molar-refractivity contribution in [2.45, 2.75) is 32.6 Å². The molecule has 104 valence electrons. The highest BCUT2D eigenvalue weighted by Crippen LogP contribution is 2.16. The van der Waals surface area contributed by atoms with E-state index in [9.17, 15) is 9.59 Å². The third-order valence-corrected chi connectivity index (χ3v) is 3.48. The molecule has 1 N–H and O–H groups in total. The number of likely N-dealkylation sites (tertiary alicyclic amines) is 1. The summed E-state index contributed by atoms with van der Waals surface area (Å²) in [6, 6.07) is 0. The van der Waals surface area contributed by atoms with Crippen LogP contribution in [0.4, 0.5) is 0 Å². The molecule has 0 spiro atoms. The maximum atomic E-state index is 11.9. The highest BCUT2D eigenvalue weighted by atomic mass is 16.4. The number of hydrogen-bond acceptors (Lipinski definition) is 3. The zero-order valence-electron chi connectivity index (χ0n) is 11.4. The Kier molecular flexibility index (Phi) is 6.12. The molecule has 1 saturated heterocycles. The highest BCUT2D eigenvalue weighted by molar-refractivity contribution is 5.77. The van der Waals surface area contributed by atoms with E-state index in [1.54, 1.807) is 0 Å². The lowest BCUT2D eigenvalue weighted by Crippen LogP contribution is -2.35. The molecule has 0 radical (unpaired) electrons. The quantitative estimate of drug-likeness (QED) is 0.739. The molecular weight excluding hydrogens is 232 g/mol. The van der Waals surface area contributed by atoms with Crippen LogP contribution >= 0.6 is 0 Å². The number of aliphatic carboxylic acids is 1. The zero-order chi connectivity index (χ0) is 13.5. The molecule has 1 fully saturated rings. The summed E-state index contributed by atoms with van der Waals surface area (Å²) in [7, 11) is 2.10. The maximum Gasteiger partial charge on any atom is 0.303 e. The SMILES string of the molecule is CCN(C[C@@H]1CCN(C)C1)C(=O)CCCC(=O)O. The summed E-state index contributed by atoms with van der Waals surface area (Å²) in [5.41, 5.74) is 0. The number of hydrogen-bond donors (Lipinski definition) is 1. The van der Waals surface area contributed by atoms with Crippen LogP contribution in [0, 0.1) is 5.92 Å². The van der Waals surface area contributed by atoms with Crippen LogP contribution in [-0.4, -0.2) is 60.0 Å². The minimum Gasteiger partial charge on any atom is -0.481 e. The van der Waals surface area contributed by atoms with E-state index < -0.39 is 5.97 Å². The Hall–Kier alpha value is -1.10. The van der Waals surface area contributed by atoms with Gasteiger partial charge in [-0.2, -0.15) is 0 Å². The molecule has 1 heterocycles. The van der Waals surface area contributed by atoms with Crippen LogP contribution in [0.15, 0.2) is 0 Å². The van der Waals surface area contributed by atoms with Crippen molar-refractivity contribution in [2.75, 3.05) is 33.2 Å². The first-order valence-corrected chi connectivity index (χ1v) is 6.71. The maximum absolute atomic E-state index is 11.9. The van der Waals surface area contributed by atoms with E-state index in [1.165, 1.54) is 0 Å². The molecule has 1 rings (SSSR count). The van der Waals surface area contributed by atoms with Gasteiger partial charge < -0.3 is 14.9 Å². The molecule has 0 saturated carbocycles. The van der Waals surface area contributed by atoms with Crippen molar-refractivity contribution in [3.63, 3.8) is 0 Å². The van der Waals surface area contributed by atoms with Gasteiger partial charge in [0, 0.05) is 32.5 Å². The van der Waals surface area contributed by atoms with Crippen molar-refractivity contribution in [2.24, 2.45) is 5.92 Å². The monoisotopic (exact) mass is 256 g/mol. The van der Waals surface area contributed by atoms with Gasteiger partial charge >= 0.3 is 5.97 Å². The van der Waals surface area contributed by atoms with Gasteiger partial charge in [-0.15, -0.1) is 0 Å². The second-order valence-electron chi connectivity index (χ2n) is 5.10. The summed E-state index contributed by atoms with van der Waals surface area (Å²) in [4.78, 5) is 26.5. The van der Waals surface area contributed by atoms with Crippen molar-refractivity contribution < 1.29 is 14.7 Å². The molecule has 1 amide bonds. The van der Waals surface area contributed by atoms with E-state index in [2.05, 4.69) is 11.9 Å². The minimum absolute atomic E-state index is 0.0788. The van der Waals surface area contributed by atoms with Gasteiger partial charge in [0.2, 0.25) is 5.91 Å². The summed E-state index contributed by atoms with van der Waals surface area (Å²) in [5, 5.41) is 8.55. The Morgan fingerprint density at radius 2 is 2.11 bits per heavy atom. The Bertz CT molecular complexity index is 294. The number of rotatable bonds is 7. The van der Waals surface area contributed by atoms with E-state index in [0.29, 0.717) is 25.3 Å². The summed E-state index contributed by atoms with van der Waals surface area (Å²) in [5.74, 6) is -0.171. The lowest BCUT2D eigenvalue weighted by molar-refractivity contribution is -0.137. The van der Waals surface area contributed by atoms with E-state index in [-0.39, 0.29) is 12.3 Å². The summed E-state index contributed by atoms with van der Waals surface area (Å²) >= 11 is 0. The second kappa shape index (κ2) is 7.36. The van der Waals surface area contributed by atoms with Gasteiger partial charge in [-0.3, -0.25) is 9.59 Å². The van der Waals surface area contributed by atoms with Gasteiger partial charge in [0.15, 0.2) is 0 Å². The Labute approximate surface area is 109 Å². The van der Waals surface area contributed by atoms with Crippen molar-refractivity contribution in [3.8, 4) is 0 Å². The number of carboxylic acid groups (broad SMARTS) is 1. The van der Waals surface area contributed by atoms with Crippen LogP contribution in [0.3, 0.4) is 0 Å². The molecule has 1 aliphatic rings. The van der Waals surface area contributed by atoms with Crippen molar-refractivity contribution in [1.82, 2.24) is 9.80 Å². The van der Waals surface area contributed by atoms with Gasteiger partial charge in [-0.1, -0.05) is 0 Å². The number of amides is 1. The van der Waals surface area contributed by atoms with Gasteiger partial charge in [-0.25, -0.2) is 0 Å². The fraction of sp³-hybridized carbons (Fsp3) is 0.846. The van der Waals surface area contributed by atoms with Crippen molar-refractivity contribution in [1.29, 1.82) is 0 Å². The molecule has 0 aromatic rings. The smallest absolute Gasteiger partial charge is 0.303 e. The predicted octanol–water partition coefficient (Wildman–Crippen LogP) is 1.04. The number of carbonyl (C=O) groups excluding carboxylic acids is 1. The standard InChI is InChI=1S/C13H24N2O3/c1-3-15(10-11-7-8-14(2)9-11)12(16)5-4-6-13(17)18/h11H,3-10H2,1-2H3,(H,17,18)/t11-/m1/s1. The molecule has 5 heteroatoms. The lowest BCUT2D eigenvalue weighted by atomic mass is 10.1. The summed E-state index contributed by atoms with van der Waals surface area (Å²) in [6.45, 7) is 5.67. The van der Waals surface area contributed by atoms with Crippen molar-refractivity contribution in [3.05, 3.63) is 0 Å². The van der Waals surface area contributed by atoms with Crippen molar-refractivity contribution >= 4 is 11.9 Å². The van der Waals surface area contributed by atoms with Crippen LogP contribution in [0.25, 0.3) is 0 Å². The largest absolute Gasteiger partial charge is 0.481 e. The lowest BCUT2D eigenvalue weighted by Gasteiger charge is -2.24. The summed E-state index contributed by atoms with van der Waals surface area (Å²) < 4.78 is 0. The molecule has 0 unspecified atom stereocenters. The minimum atomic E-state index is -0.830. The van der Waals surface area contributed by atoms with Crippen LogP contribution in [0.1, 0.15) is 32.6 Å². The molecule has 1 aliphatic heterocycles. The normalized spacial score (nSPS) is 20.0. The second-order valence-corrected chi connectivity index (χ2v) is 5.10. The topological polar surface area (TPSA) is 60.9 Å². The molecule has 0 aromatic carbocycles. The fourth-order valence-corrected chi connectivity index (χ4v) is 2.44. The molecule has 0 bridgehead atoms. The highest BCUT2D eigenvalue weighted by Gasteiger charge is 2.23. The third kappa shape index (κ3) is 5.04. The van der Waals surface area contributed by atoms with Gasteiger partial charge in [-0.05, 0) is 39.3 Å². The zero-order valence-corrected chi connectivity index (χ0v) is 11.4. The van der Waals surface area contributed by atoms with E-state index >= 15 is 0 Å². The fourth-order valence-electron chi connectivity index (χ4n) is 2.44. The first-order chi connectivity index (χ1) is 8.52. The van der Waals surface area contributed by atoms with Gasteiger partial charge in [0.05, 0.1) is 0 Å². The molecule has 1 atom stereocenters. The third-order valence-electron chi connectivity index (χ3n) is 3.48. The van der Waals surface area contributed by atoms with E-state index in [1.807, 2.05) is 11.8 Å². The Morgan fingerprint density at radius 3 is 2.61 bits per heavy atom. The van der Waals surface area contributed by atoms with Crippen LogP contribution in [0.2, 0.25) is 0 Å². The molecule has 0 aliphatic carbocycles. The number of carbonyl (C=O) groups is 2. The predicted molar refractivity (Wildman–Crippen MR) is 69.3 cm³/mol. The molecular formula is C13H24N2O3. The van der Waals surface area contributed by atoms with Gasteiger partial charge in [0.1, 0.15) is 0 Å². The first kappa shape index (κ1) is 15.0. The summed E-state index contributed by atoms with van der Waals surface area (Å²) in [6.07, 6.45) is 2.02. The Balaban J connectivity index is 2.30. The average Bonchev–Trinajstić information content (AvgIpc) is 2.71. The van der Waals surface area contributed by atoms with Crippen LogP contribution in [-0.2, 0) is 9.59 Å². The van der Waals surface area contributed by atoms with E-state index in [0.717, 1.165) is 26.1 Å². The first-order valence-electron chi connectivity index (χ1n) is 6.71. The molecule has 0 aromatic heterocycles. The number of carboxylic acids is 1. The molecule has 18 heavy (non-hydrogen) atoms. The van der Waals surface area contributed by atoms with Gasteiger partial charge in [0.25, 0.3) is 0 Å². The number of nitrogens with zero attached hydrogens (tertiary/aromatic N) is 2. The van der Waals surface area contributed by atoms with E-state index in [4.69, 9.17) is 5.11 Å².